The highest BCUT2D eigenvalue weighted by Crippen LogP contribution is 2.34. The summed E-state index contributed by atoms with van der Waals surface area (Å²) in [6.07, 6.45) is 7.61. The third-order valence-corrected chi connectivity index (χ3v) is 6.81. The van der Waals surface area contributed by atoms with Crippen LogP contribution < -0.4 is 10.1 Å². The Morgan fingerprint density at radius 1 is 0.969 bits per heavy atom. The molecule has 5 heteroatoms. The lowest BCUT2D eigenvalue weighted by Gasteiger charge is -2.29. The van der Waals surface area contributed by atoms with E-state index in [-0.39, 0.29) is 0 Å². The standard InChI is InChI=1S/C27H28N4O/c1-31-12-9-23(10-13-31)32-22-5-2-18(3-6-22)21-15-24-25(17-30-27(24)29-16-21)19-4-7-26-20(14-19)8-11-28-26/h2-7,14-17,23,28H,8-13H2,1H3,(H,29,30). The van der Waals surface area contributed by atoms with Gasteiger partial charge in [-0.3, -0.25) is 0 Å². The maximum Gasteiger partial charge on any atom is 0.137 e. The quantitative estimate of drug-likeness (QED) is 0.464. The van der Waals surface area contributed by atoms with Crippen molar-refractivity contribution in [3.05, 3.63) is 66.5 Å². The zero-order valence-electron chi connectivity index (χ0n) is 18.4. The summed E-state index contributed by atoms with van der Waals surface area (Å²) in [5.41, 5.74) is 8.28. The Hall–Kier alpha value is -3.31. The number of nitrogens with zero attached hydrogens (tertiary/aromatic N) is 2. The second kappa shape index (κ2) is 7.99. The van der Waals surface area contributed by atoms with Crippen molar-refractivity contribution in [2.45, 2.75) is 25.4 Å². The predicted molar refractivity (Wildman–Crippen MR) is 130 cm³/mol. The van der Waals surface area contributed by atoms with Crippen LogP contribution in [0.5, 0.6) is 5.75 Å². The lowest BCUT2D eigenvalue weighted by Crippen LogP contribution is -2.35. The fourth-order valence-electron chi connectivity index (χ4n) is 4.89. The fourth-order valence-corrected chi connectivity index (χ4v) is 4.89. The second-order valence-corrected chi connectivity index (χ2v) is 9.02. The van der Waals surface area contributed by atoms with Crippen LogP contribution in [-0.2, 0) is 6.42 Å². The highest BCUT2D eigenvalue weighted by Gasteiger charge is 2.18. The van der Waals surface area contributed by atoms with Crippen LogP contribution in [0.1, 0.15) is 18.4 Å². The van der Waals surface area contributed by atoms with E-state index in [9.17, 15) is 0 Å². The Morgan fingerprint density at radius 2 is 1.78 bits per heavy atom. The number of aromatic amines is 1. The molecular formula is C27H28N4O. The zero-order chi connectivity index (χ0) is 21.5. The molecule has 1 fully saturated rings. The fraction of sp³-hybridized carbons (Fsp3) is 0.296. The minimum absolute atomic E-state index is 0.319. The van der Waals surface area contributed by atoms with E-state index >= 15 is 0 Å². The average molecular weight is 425 g/mol. The molecular weight excluding hydrogens is 396 g/mol. The number of hydrogen-bond acceptors (Lipinski definition) is 4. The summed E-state index contributed by atoms with van der Waals surface area (Å²) in [5, 5.41) is 4.59. The van der Waals surface area contributed by atoms with Crippen molar-refractivity contribution in [2.24, 2.45) is 0 Å². The van der Waals surface area contributed by atoms with Gasteiger partial charge in [0.2, 0.25) is 0 Å². The molecule has 2 N–H and O–H groups in total. The molecule has 0 unspecified atom stereocenters. The van der Waals surface area contributed by atoms with E-state index < -0.39 is 0 Å². The number of likely N-dealkylation sites (tertiary alicyclic amines) is 1. The highest BCUT2D eigenvalue weighted by molar-refractivity contribution is 5.96. The topological polar surface area (TPSA) is 53.2 Å². The number of nitrogens with one attached hydrogen (secondary N) is 2. The summed E-state index contributed by atoms with van der Waals surface area (Å²) in [5.74, 6) is 0.950. The van der Waals surface area contributed by atoms with E-state index in [1.807, 2.05) is 6.20 Å². The first kappa shape index (κ1) is 19.4. The number of piperidine rings is 1. The van der Waals surface area contributed by atoms with Gasteiger partial charge in [0.05, 0.1) is 0 Å². The van der Waals surface area contributed by atoms with Gasteiger partial charge in [-0.25, -0.2) is 4.98 Å². The van der Waals surface area contributed by atoms with Gasteiger partial charge in [-0.15, -0.1) is 0 Å². The van der Waals surface area contributed by atoms with Gasteiger partial charge in [-0.05, 0) is 73.3 Å². The van der Waals surface area contributed by atoms with E-state index in [1.165, 1.54) is 22.4 Å². The number of aromatic nitrogens is 2. The van der Waals surface area contributed by atoms with Crippen LogP contribution in [-0.4, -0.2) is 47.7 Å². The molecule has 2 aromatic heterocycles. The minimum atomic E-state index is 0.319. The monoisotopic (exact) mass is 424 g/mol. The van der Waals surface area contributed by atoms with Gasteiger partial charge in [-0.1, -0.05) is 18.2 Å². The van der Waals surface area contributed by atoms with Crippen molar-refractivity contribution < 1.29 is 4.74 Å². The van der Waals surface area contributed by atoms with E-state index in [0.29, 0.717) is 6.10 Å². The van der Waals surface area contributed by atoms with Gasteiger partial charge in [0.25, 0.3) is 0 Å². The Bertz CT molecular complexity index is 1250. The van der Waals surface area contributed by atoms with Crippen LogP contribution in [0.4, 0.5) is 5.69 Å². The van der Waals surface area contributed by atoms with Gasteiger partial charge in [0.15, 0.2) is 0 Å². The van der Waals surface area contributed by atoms with Crippen molar-refractivity contribution in [3.8, 4) is 28.0 Å². The number of anilines is 1. The Kier molecular flexibility index (Phi) is 4.84. The molecule has 0 radical (unpaired) electrons. The summed E-state index contributed by atoms with van der Waals surface area (Å²) in [6.45, 7) is 3.23. The maximum atomic E-state index is 6.21. The second-order valence-electron chi connectivity index (χ2n) is 9.02. The summed E-state index contributed by atoms with van der Waals surface area (Å²) in [4.78, 5) is 10.4. The smallest absolute Gasteiger partial charge is 0.137 e. The first-order valence-electron chi connectivity index (χ1n) is 11.5. The first-order chi connectivity index (χ1) is 15.7. The maximum absolute atomic E-state index is 6.21. The van der Waals surface area contributed by atoms with E-state index in [4.69, 9.17) is 9.72 Å². The molecule has 0 aliphatic carbocycles. The van der Waals surface area contributed by atoms with Gasteiger partial charge in [0, 0.05) is 54.2 Å². The molecule has 2 aliphatic heterocycles. The molecule has 5 nitrogen and oxygen atoms in total. The van der Waals surface area contributed by atoms with Crippen molar-refractivity contribution in [1.29, 1.82) is 0 Å². The van der Waals surface area contributed by atoms with Crippen molar-refractivity contribution in [3.63, 3.8) is 0 Å². The zero-order valence-corrected chi connectivity index (χ0v) is 18.4. The molecule has 162 valence electrons. The summed E-state index contributed by atoms with van der Waals surface area (Å²) in [7, 11) is 2.17. The van der Waals surface area contributed by atoms with Gasteiger partial charge in [0.1, 0.15) is 17.5 Å². The molecule has 0 spiro atoms. The highest BCUT2D eigenvalue weighted by atomic mass is 16.5. The van der Waals surface area contributed by atoms with Crippen LogP contribution in [0.2, 0.25) is 0 Å². The molecule has 1 saturated heterocycles. The molecule has 6 rings (SSSR count). The Labute approximate surface area is 188 Å². The van der Waals surface area contributed by atoms with Crippen LogP contribution in [0.15, 0.2) is 60.9 Å². The number of fused-ring (bicyclic) bond motifs is 2. The minimum Gasteiger partial charge on any atom is -0.490 e. The van der Waals surface area contributed by atoms with Crippen LogP contribution >= 0.6 is 0 Å². The Morgan fingerprint density at radius 3 is 2.62 bits per heavy atom. The number of hydrogen-bond donors (Lipinski definition) is 2. The molecule has 2 aromatic carbocycles. The number of H-pyrrole nitrogens is 1. The lowest BCUT2D eigenvalue weighted by atomic mass is 10.00. The predicted octanol–water partition coefficient (Wildman–Crippen LogP) is 5.34. The molecule has 0 atom stereocenters. The number of benzene rings is 2. The van der Waals surface area contributed by atoms with Gasteiger partial charge >= 0.3 is 0 Å². The molecule has 4 heterocycles. The van der Waals surface area contributed by atoms with E-state index in [0.717, 1.165) is 66.8 Å². The Balaban J connectivity index is 1.26. The number of rotatable bonds is 4. The lowest BCUT2D eigenvalue weighted by molar-refractivity contribution is 0.114. The summed E-state index contributed by atoms with van der Waals surface area (Å²) in [6, 6.07) is 17.4. The van der Waals surface area contributed by atoms with Crippen LogP contribution in [0.25, 0.3) is 33.3 Å². The van der Waals surface area contributed by atoms with Gasteiger partial charge in [-0.2, -0.15) is 0 Å². The third kappa shape index (κ3) is 3.63. The van der Waals surface area contributed by atoms with Crippen molar-refractivity contribution in [1.82, 2.24) is 14.9 Å². The number of pyridine rings is 1. The normalized spacial score (nSPS) is 16.8. The molecule has 0 bridgehead atoms. The molecule has 0 amide bonds. The largest absolute Gasteiger partial charge is 0.490 e. The van der Waals surface area contributed by atoms with Crippen LogP contribution in [0, 0.1) is 0 Å². The molecule has 4 aromatic rings. The number of ether oxygens (including phenoxy) is 1. The first-order valence-corrected chi connectivity index (χ1v) is 11.5. The SMILES string of the molecule is CN1CCC(Oc2ccc(-c3cnc4[nH]cc(-c5ccc6c(c5)CCN6)c4c3)cc2)CC1. The summed E-state index contributed by atoms with van der Waals surface area (Å²) >= 11 is 0. The van der Waals surface area contributed by atoms with Crippen molar-refractivity contribution >= 4 is 16.7 Å². The van der Waals surface area contributed by atoms with Crippen molar-refractivity contribution in [2.75, 3.05) is 32.0 Å². The van der Waals surface area contributed by atoms with E-state index in [1.54, 1.807) is 0 Å². The molecule has 0 saturated carbocycles. The third-order valence-electron chi connectivity index (χ3n) is 6.81. The van der Waals surface area contributed by atoms with Gasteiger partial charge < -0.3 is 19.9 Å². The van der Waals surface area contributed by atoms with Crippen LogP contribution in [0.3, 0.4) is 0 Å². The molecule has 32 heavy (non-hydrogen) atoms. The molecule has 2 aliphatic rings. The average Bonchev–Trinajstić information content (AvgIpc) is 3.47. The summed E-state index contributed by atoms with van der Waals surface area (Å²) < 4.78 is 6.21. The van der Waals surface area contributed by atoms with E-state index in [2.05, 4.69) is 77.0 Å².